The van der Waals surface area contributed by atoms with Crippen molar-refractivity contribution in [2.45, 2.75) is 33.6 Å². The smallest absolute Gasteiger partial charge is 0.157 e. The third kappa shape index (κ3) is 4.63. The first kappa shape index (κ1) is 15.6. The van der Waals surface area contributed by atoms with Crippen molar-refractivity contribution in [3.05, 3.63) is 36.2 Å². The van der Waals surface area contributed by atoms with Crippen LogP contribution in [0.4, 0.5) is 0 Å². The molecule has 0 radical (unpaired) electrons. The van der Waals surface area contributed by atoms with Crippen molar-refractivity contribution in [1.82, 2.24) is 25.5 Å². The summed E-state index contributed by atoms with van der Waals surface area (Å²) in [5.41, 5.74) is 1.02. The third-order valence-electron chi connectivity index (χ3n) is 3.49. The van der Waals surface area contributed by atoms with E-state index in [1.807, 2.05) is 35.0 Å². The number of benzene rings is 1. The average molecular weight is 287 g/mol. The Bertz CT molecular complexity index is 520. The number of para-hydroxylation sites is 1. The summed E-state index contributed by atoms with van der Waals surface area (Å²) in [6.45, 7) is 8.67. The van der Waals surface area contributed by atoms with Crippen LogP contribution in [-0.4, -0.2) is 33.3 Å². The Hall–Kier alpha value is -1.75. The Morgan fingerprint density at radius 1 is 1.19 bits per heavy atom. The van der Waals surface area contributed by atoms with Crippen LogP contribution in [0.15, 0.2) is 30.3 Å². The van der Waals surface area contributed by atoms with Gasteiger partial charge in [0, 0.05) is 6.42 Å². The van der Waals surface area contributed by atoms with Crippen molar-refractivity contribution >= 4 is 0 Å². The van der Waals surface area contributed by atoms with Crippen molar-refractivity contribution in [2.75, 3.05) is 13.1 Å². The van der Waals surface area contributed by atoms with Crippen LogP contribution in [0.1, 0.15) is 33.0 Å². The monoisotopic (exact) mass is 287 g/mol. The normalized spacial score (nSPS) is 12.8. The summed E-state index contributed by atoms with van der Waals surface area (Å²) in [7, 11) is 0. The summed E-state index contributed by atoms with van der Waals surface area (Å²) in [6.07, 6.45) is 2.07. The Balaban J connectivity index is 2.12. The molecular formula is C16H25N5. The second-order valence-corrected chi connectivity index (χ2v) is 5.85. The molecule has 2 rings (SSSR count). The number of nitrogens with one attached hydrogen (secondary N) is 1. The molecule has 114 valence electrons. The molecule has 0 amide bonds. The van der Waals surface area contributed by atoms with Gasteiger partial charge in [0.05, 0.1) is 5.69 Å². The van der Waals surface area contributed by atoms with Crippen LogP contribution < -0.4 is 5.32 Å². The fourth-order valence-corrected chi connectivity index (χ4v) is 2.61. The molecule has 0 fully saturated rings. The number of hydrogen-bond acceptors (Lipinski definition) is 4. The predicted octanol–water partition coefficient (Wildman–Crippen LogP) is 2.48. The SMILES string of the molecule is CCNCC(Cc1nnnn1-c1ccccc1)CC(C)C. The number of rotatable bonds is 8. The molecule has 1 N–H and O–H groups in total. The fourth-order valence-electron chi connectivity index (χ4n) is 2.61. The lowest BCUT2D eigenvalue weighted by Gasteiger charge is -2.18. The molecule has 21 heavy (non-hydrogen) atoms. The topological polar surface area (TPSA) is 55.6 Å². The molecule has 1 unspecified atom stereocenters. The predicted molar refractivity (Wildman–Crippen MR) is 84.3 cm³/mol. The van der Waals surface area contributed by atoms with Crippen LogP contribution in [0.25, 0.3) is 5.69 Å². The highest BCUT2D eigenvalue weighted by Crippen LogP contribution is 2.17. The molecule has 1 atom stereocenters. The zero-order valence-electron chi connectivity index (χ0n) is 13.2. The summed E-state index contributed by atoms with van der Waals surface area (Å²) in [5.74, 6) is 2.16. The summed E-state index contributed by atoms with van der Waals surface area (Å²) in [4.78, 5) is 0. The minimum absolute atomic E-state index is 0.554. The Kier molecular flexibility index (Phi) is 5.87. The van der Waals surface area contributed by atoms with Crippen molar-refractivity contribution < 1.29 is 0 Å². The van der Waals surface area contributed by atoms with E-state index in [0.29, 0.717) is 11.8 Å². The molecule has 0 bridgehead atoms. The lowest BCUT2D eigenvalue weighted by atomic mass is 9.93. The maximum atomic E-state index is 4.22. The van der Waals surface area contributed by atoms with E-state index in [0.717, 1.165) is 31.0 Å². The quantitative estimate of drug-likeness (QED) is 0.810. The van der Waals surface area contributed by atoms with Gasteiger partial charge in [-0.25, -0.2) is 0 Å². The standard InChI is InChI=1S/C16H25N5/c1-4-17-12-14(10-13(2)3)11-16-18-19-20-21(16)15-8-6-5-7-9-15/h5-9,13-14,17H,4,10-12H2,1-3H3. The molecule has 5 nitrogen and oxygen atoms in total. The van der Waals surface area contributed by atoms with Crippen LogP contribution in [0.5, 0.6) is 0 Å². The highest BCUT2D eigenvalue weighted by molar-refractivity contribution is 5.30. The van der Waals surface area contributed by atoms with Crippen LogP contribution in [0, 0.1) is 11.8 Å². The van der Waals surface area contributed by atoms with E-state index in [2.05, 4.69) is 41.6 Å². The van der Waals surface area contributed by atoms with Crippen molar-refractivity contribution in [3.63, 3.8) is 0 Å². The Morgan fingerprint density at radius 2 is 1.95 bits per heavy atom. The molecule has 0 aliphatic heterocycles. The van der Waals surface area contributed by atoms with Crippen LogP contribution in [-0.2, 0) is 6.42 Å². The number of tetrazole rings is 1. The molecule has 1 heterocycles. The average Bonchev–Trinajstić information content (AvgIpc) is 2.93. The molecule has 1 aromatic carbocycles. The van der Waals surface area contributed by atoms with Gasteiger partial charge in [-0.1, -0.05) is 39.0 Å². The number of hydrogen-bond donors (Lipinski definition) is 1. The second-order valence-electron chi connectivity index (χ2n) is 5.85. The maximum Gasteiger partial charge on any atom is 0.157 e. The lowest BCUT2D eigenvalue weighted by Crippen LogP contribution is -2.26. The zero-order chi connectivity index (χ0) is 15.1. The van der Waals surface area contributed by atoms with Crippen LogP contribution in [0.3, 0.4) is 0 Å². The van der Waals surface area contributed by atoms with E-state index in [1.54, 1.807) is 0 Å². The number of nitrogens with zero attached hydrogens (tertiary/aromatic N) is 4. The van der Waals surface area contributed by atoms with Gasteiger partial charge in [-0.3, -0.25) is 0 Å². The van der Waals surface area contributed by atoms with Gasteiger partial charge in [0.2, 0.25) is 0 Å². The van der Waals surface area contributed by atoms with Gasteiger partial charge in [-0.15, -0.1) is 5.10 Å². The minimum atomic E-state index is 0.554. The molecule has 5 heteroatoms. The van der Waals surface area contributed by atoms with Crippen LogP contribution >= 0.6 is 0 Å². The molecule has 0 aliphatic carbocycles. The van der Waals surface area contributed by atoms with E-state index in [9.17, 15) is 0 Å². The van der Waals surface area contributed by atoms with Gasteiger partial charge < -0.3 is 5.32 Å². The fraction of sp³-hybridized carbons (Fsp3) is 0.562. The van der Waals surface area contributed by atoms with E-state index in [-0.39, 0.29) is 0 Å². The summed E-state index contributed by atoms with van der Waals surface area (Å²) >= 11 is 0. The molecular weight excluding hydrogens is 262 g/mol. The summed E-state index contributed by atoms with van der Waals surface area (Å²) in [6, 6.07) is 10.1. The van der Waals surface area contributed by atoms with Gasteiger partial charge >= 0.3 is 0 Å². The van der Waals surface area contributed by atoms with Gasteiger partial charge in [-0.2, -0.15) is 4.68 Å². The van der Waals surface area contributed by atoms with Crippen molar-refractivity contribution in [3.8, 4) is 5.69 Å². The molecule has 1 aromatic heterocycles. The van der Waals surface area contributed by atoms with Gasteiger partial charge in [0.25, 0.3) is 0 Å². The highest BCUT2D eigenvalue weighted by Gasteiger charge is 2.16. The Labute approximate surface area is 126 Å². The maximum absolute atomic E-state index is 4.22. The second kappa shape index (κ2) is 7.88. The first-order valence-electron chi connectivity index (χ1n) is 7.74. The third-order valence-corrected chi connectivity index (χ3v) is 3.49. The first-order chi connectivity index (χ1) is 10.2. The lowest BCUT2D eigenvalue weighted by molar-refractivity contribution is 0.380. The van der Waals surface area contributed by atoms with E-state index >= 15 is 0 Å². The van der Waals surface area contributed by atoms with Crippen molar-refractivity contribution in [1.29, 1.82) is 0 Å². The van der Waals surface area contributed by atoms with E-state index < -0.39 is 0 Å². The highest BCUT2D eigenvalue weighted by atomic mass is 15.5. The van der Waals surface area contributed by atoms with Crippen molar-refractivity contribution in [2.24, 2.45) is 11.8 Å². The van der Waals surface area contributed by atoms with Gasteiger partial charge in [-0.05, 0) is 53.9 Å². The van der Waals surface area contributed by atoms with E-state index in [1.165, 1.54) is 6.42 Å². The summed E-state index contributed by atoms with van der Waals surface area (Å²) in [5, 5.41) is 15.7. The summed E-state index contributed by atoms with van der Waals surface area (Å²) < 4.78 is 1.85. The van der Waals surface area contributed by atoms with E-state index in [4.69, 9.17) is 0 Å². The number of aromatic nitrogens is 4. The largest absolute Gasteiger partial charge is 0.317 e. The molecule has 0 saturated heterocycles. The van der Waals surface area contributed by atoms with Gasteiger partial charge in [0.1, 0.15) is 0 Å². The zero-order valence-corrected chi connectivity index (χ0v) is 13.2. The molecule has 2 aromatic rings. The molecule has 0 aliphatic rings. The van der Waals surface area contributed by atoms with Crippen LogP contribution in [0.2, 0.25) is 0 Å². The minimum Gasteiger partial charge on any atom is -0.317 e. The first-order valence-corrected chi connectivity index (χ1v) is 7.74. The molecule has 0 saturated carbocycles. The Morgan fingerprint density at radius 3 is 2.62 bits per heavy atom. The van der Waals surface area contributed by atoms with Gasteiger partial charge in [0.15, 0.2) is 5.82 Å². The molecule has 0 spiro atoms.